The van der Waals surface area contributed by atoms with Crippen LogP contribution in [-0.4, -0.2) is 33.6 Å². The quantitative estimate of drug-likeness (QED) is 0.613. The van der Waals surface area contributed by atoms with E-state index in [1.54, 1.807) is 6.26 Å². The minimum Gasteiger partial charge on any atom is -0.451 e. The summed E-state index contributed by atoms with van der Waals surface area (Å²) in [4.78, 5) is 4.10. The van der Waals surface area contributed by atoms with Gasteiger partial charge in [-0.25, -0.2) is 4.98 Å². The number of aromatic nitrogens is 1. The molecular formula is C12H23NO4Si. The summed E-state index contributed by atoms with van der Waals surface area (Å²) >= 11 is 0. The van der Waals surface area contributed by atoms with Crippen molar-refractivity contribution in [2.75, 3.05) is 19.8 Å². The zero-order valence-electron chi connectivity index (χ0n) is 11.5. The van der Waals surface area contributed by atoms with Crippen LogP contribution in [0.4, 0.5) is 0 Å². The van der Waals surface area contributed by atoms with Crippen LogP contribution in [0.5, 0.6) is 0 Å². The second-order valence-electron chi connectivity index (χ2n) is 3.82. The van der Waals surface area contributed by atoms with Crippen molar-refractivity contribution in [3.63, 3.8) is 0 Å². The lowest BCUT2D eigenvalue weighted by molar-refractivity contribution is 0.0708. The Labute approximate surface area is 110 Å². The van der Waals surface area contributed by atoms with Crippen LogP contribution in [0.25, 0.3) is 0 Å². The third-order valence-corrected chi connectivity index (χ3v) is 5.64. The standard InChI is InChI=1S/C12H23NO4Si/c1-4-15-18(16-5-2,17-6-3)9-7-8-12-10-14-11-13-12/h10-11H,4-9H2,1-3H3. The Morgan fingerprint density at radius 1 is 1.11 bits per heavy atom. The van der Waals surface area contributed by atoms with Crippen molar-refractivity contribution in [3.8, 4) is 0 Å². The Kier molecular flexibility index (Phi) is 7.18. The van der Waals surface area contributed by atoms with Crippen molar-refractivity contribution in [2.24, 2.45) is 0 Å². The molecule has 1 aromatic heterocycles. The van der Waals surface area contributed by atoms with Gasteiger partial charge in [0.2, 0.25) is 0 Å². The van der Waals surface area contributed by atoms with Gasteiger partial charge in [-0.2, -0.15) is 0 Å². The van der Waals surface area contributed by atoms with E-state index in [0.717, 1.165) is 24.6 Å². The van der Waals surface area contributed by atoms with Crippen molar-refractivity contribution in [1.82, 2.24) is 4.98 Å². The number of hydrogen-bond acceptors (Lipinski definition) is 5. The molecule has 104 valence electrons. The molecule has 0 saturated heterocycles. The van der Waals surface area contributed by atoms with E-state index >= 15 is 0 Å². The second kappa shape index (κ2) is 8.42. The molecule has 0 unspecified atom stereocenters. The molecule has 1 aromatic rings. The summed E-state index contributed by atoms with van der Waals surface area (Å²) in [7, 11) is -2.49. The van der Waals surface area contributed by atoms with Crippen LogP contribution in [0.2, 0.25) is 6.04 Å². The highest BCUT2D eigenvalue weighted by atomic mass is 28.4. The predicted octanol–water partition coefficient (Wildman–Crippen LogP) is 2.66. The molecule has 1 heterocycles. The first-order chi connectivity index (χ1) is 8.76. The third-order valence-electron chi connectivity index (χ3n) is 2.49. The fourth-order valence-corrected chi connectivity index (χ4v) is 4.46. The van der Waals surface area contributed by atoms with Gasteiger partial charge in [0.25, 0.3) is 0 Å². The van der Waals surface area contributed by atoms with Gasteiger partial charge in [0, 0.05) is 25.9 Å². The van der Waals surface area contributed by atoms with Gasteiger partial charge in [0.1, 0.15) is 6.26 Å². The van der Waals surface area contributed by atoms with Gasteiger partial charge in [0.05, 0.1) is 5.69 Å². The zero-order chi connectivity index (χ0) is 13.3. The lowest BCUT2D eigenvalue weighted by Gasteiger charge is -2.28. The molecule has 0 amide bonds. The maximum Gasteiger partial charge on any atom is 0.500 e. The normalized spacial score (nSPS) is 11.9. The lowest BCUT2D eigenvalue weighted by atomic mass is 10.3. The smallest absolute Gasteiger partial charge is 0.451 e. The summed E-state index contributed by atoms with van der Waals surface area (Å²) in [6, 6.07) is 0.815. The Morgan fingerprint density at radius 2 is 1.72 bits per heavy atom. The number of oxazole rings is 1. The van der Waals surface area contributed by atoms with Gasteiger partial charge in [-0.05, 0) is 33.6 Å². The largest absolute Gasteiger partial charge is 0.500 e. The first kappa shape index (κ1) is 15.4. The summed E-state index contributed by atoms with van der Waals surface area (Å²) in [5.41, 5.74) is 0.961. The van der Waals surface area contributed by atoms with Crippen LogP contribution in [0, 0.1) is 0 Å². The Balaban J connectivity index is 2.47. The molecule has 0 atom stereocenters. The van der Waals surface area contributed by atoms with Gasteiger partial charge in [-0.3, -0.25) is 0 Å². The molecular weight excluding hydrogens is 250 g/mol. The summed E-state index contributed by atoms with van der Waals surface area (Å²) in [5, 5.41) is 0. The van der Waals surface area contributed by atoms with Crippen LogP contribution < -0.4 is 0 Å². The predicted molar refractivity (Wildman–Crippen MR) is 70.3 cm³/mol. The van der Waals surface area contributed by atoms with E-state index in [-0.39, 0.29) is 0 Å². The summed E-state index contributed by atoms with van der Waals surface area (Å²) in [6.07, 6.45) is 4.91. The average molecular weight is 273 g/mol. The molecule has 1 rings (SSSR count). The molecule has 0 fully saturated rings. The monoisotopic (exact) mass is 273 g/mol. The fraction of sp³-hybridized carbons (Fsp3) is 0.750. The summed E-state index contributed by atoms with van der Waals surface area (Å²) in [6.45, 7) is 7.77. The highest BCUT2D eigenvalue weighted by Gasteiger charge is 2.39. The van der Waals surface area contributed by atoms with E-state index < -0.39 is 8.80 Å². The minimum absolute atomic E-state index is 0.621. The number of hydrogen-bond donors (Lipinski definition) is 0. The molecule has 0 aliphatic heterocycles. The second-order valence-corrected chi connectivity index (χ2v) is 6.55. The number of rotatable bonds is 10. The Morgan fingerprint density at radius 3 is 2.17 bits per heavy atom. The molecule has 0 aliphatic rings. The molecule has 0 N–H and O–H groups in total. The molecule has 18 heavy (non-hydrogen) atoms. The Hall–Kier alpha value is -0.693. The highest BCUT2D eigenvalue weighted by Crippen LogP contribution is 2.19. The van der Waals surface area contributed by atoms with Gasteiger partial charge < -0.3 is 17.7 Å². The van der Waals surface area contributed by atoms with Crippen molar-refractivity contribution < 1.29 is 17.7 Å². The maximum atomic E-state index is 5.78. The van der Waals surface area contributed by atoms with Crippen molar-refractivity contribution >= 4 is 8.80 Å². The van der Waals surface area contributed by atoms with E-state index in [1.807, 2.05) is 20.8 Å². The molecule has 5 nitrogen and oxygen atoms in total. The van der Waals surface area contributed by atoms with Crippen LogP contribution >= 0.6 is 0 Å². The SMILES string of the molecule is CCO[Si](CCCc1cocn1)(OCC)OCC. The molecule has 0 spiro atoms. The number of nitrogens with zero attached hydrogens (tertiary/aromatic N) is 1. The topological polar surface area (TPSA) is 53.7 Å². The maximum absolute atomic E-state index is 5.78. The first-order valence-corrected chi connectivity index (χ1v) is 8.48. The zero-order valence-corrected chi connectivity index (χ0v) is 12.5. The van der Waals surface area contributed by atoms with Crippen molar-refractivity contribution in [2.45, 2.75) is 39.7 Å². The van der Waals surface area contributed by atoms with Gasteiger partial charge >= 0.3 is 8.80 Å². The minimum atomic E-state index is -2.49. The van der Waals surface area contributed by atoms with Crippen molar-refractivity contribution in [1.29, 1.82) is 0 Å². The van der Waals surface area contributed by atoms with Gasteiger partial charge in [0.15, 0.2) is 6.39 Å². The van der Waals surface area contributed by atoms with E-state index in [0.29, 0.717) is 19.8 Å². The molecule has 0 radical (unpaired) electrons. The number of aryl methyl sites for hydroxylation is 1. The highest BCUT2D eigenvalue weighted by molar-refractivity contribution is 6.60. The molecule has 0 aromatic carbocycles. The van der Waals surface area contributed by atoms with Crippen LogP contribution in [-0.2, 0) is 19.7 Å². The molecule has 0 aliphatic carbocycles. The van der Waals surface area contributed by atoms with Gasteiger partial charge in [-0.1, -0.05) is 0 Å². The summed E-state index contributed by atoms with van der Waals surface area (Å²) < 4.78 is 22.3. The third kappa shape index (κ3) is 4.89. The van der Waals surface area contributed by atoms with Crippen molar-refractivity contribution in [3.05, 3.63) is 18.4 Å². The molecule has 0 bridgehead atoms. The average Bonchev–Trinajstić information content (AvgIpc) is 2.83. The lowest BCUT2D eigenvalue weighted by Crippen LogP contribution is -2.46. The van der Waals surface area contributed by atoms with Crippen LogP contribution in [0.1, 0.15) is 32.9 Å². The fourth-order valence-electron chi connectivity index (χ4n) is 1.85. The van der Waals surface area contributed by atoms with E-state index in [9.17, 15) is 0 Å². The van der Waals surface area contributed by atoms with E-state index in [2.05, 4.69) is 4.98 Å². The van der Waals surface area contributed by atoms with Gasteiger partial charge in [-0.15, -0.1) is 0 Å². The van der Waals surface area contributed by atoms with E-state index in [4.69, 9.17) is 17.7 Å². The molecule has 6 heteroatoms. The first-order valence-electron chi connectivity index (χ1n) is 6.55. The van der Waals surface area contributed by atoms with E-state index in [1.165, 1.54) is 6.39 Å². The van der Waals surface area contributed by atoms with Crippen LogP contribution in [0.3, 0.4) is 0 Å². The van der Waals surface area contributed by atoms with Crippen LogP contribution in [0.15, 0.2) is 17.1 Å². The Bertz CT molecular complexity index is 288. The molecule has 0 saturated carbocycles. The summed E-state index contributed by atoms with van der Waals surface area (Å²) in [5.74, 6) is 0.